The number of fused-ring (bicyclic) bond motifs is 1. The SMILES string of the molecule is N#CCNC(O)CNC(=O)Cc1nc2cc(C#Cc3ccccc3)ccc2s1. The summed E-state index contributed by atoms with van der Waals surface area (Å²) >= 11 is 1.46. The Morgan fingerprint density at radius 1 is 1.18 bits per heavy atom. The minimum atomic E-state index is -0.954. The molecule has 1 unspecified atom stereocenters. The van der Waals surface area contributed by atoms with Crippen molar-refractivity contribution >= 4 is 27.5 Å². The molecule has 0 aliphatic rings. The van der Waals surface area contributed by atoms with Gasteiger partial charge in [0.15, 0.2) is 0 Å². The summed E-state index contributed by atoms with van der Waals surface area (Å²) in [6.45, 7) is 0.0506. The largest absolute Gasteiger partial charge is 0.377 e. The van der Waals surface area contributed by atoms with Gasteiger partial charge in [-0.1, -0.05) is 30.0 Å². The maximum atomic E-state index is 12.0. The van der Waals surface area contributed by atoms with Crippen LogP contribution < -0.4 is 10.6 Å². The molecule has 0 saturated heterocycles. The van der Waals surface area contributed by atoms with Crippen LogP contribution in [0.4, 0.5) is 0 Å². The molecular formula is C21H18N4O2S. The van der Waals surface area contributed by atoms with Crippen molar-refractivity contribution in [3.8, 4) is 17.9 Å². The second kappa shape index (κ2) is 9.63. The van der Waals surface area contributed by atoms with E-state index in [1.54, 1.807) is 0 Å². The van der Waals surface area contributed by atoms with E-state index in [9.17, 15) is 9.90 Å². The normalized spacial score (nSPS) is 11.3. The lowest BCUT2D eigenvalue weighted by Gasteiger charge is -2.10. The van der Waals surface area contributed by atoms with Crippen molar-refractivity contribution in [2.24, 2.45) is 0 Å². The van der Waals surface area contributed by atoms with Gasteiger partial charge in [0.05, 0.1) is 35.8 Å². The zero-order valence-electron chi connectivity index (χ0n) is 15.0. The quantitative estimate of drug-likeness (QED) is 0.339. The Kier molecular flexibility index (Phi) is 6.72. The van der Waals surface area contributed by atoms with Crippen molar-refractivity contribution in [1.29, 1.82) is 5.26 Å². The summed E-state index contributed by atoms with van der Waals surface area (Å²) < 4.78 is 0.990. The summed E-state index contributed by atoms with van der Waals surface area (Å²) in [7, 11) is 0. The van der Waals surface area contributed by atoms with Crippen molar-refractivity contribution in [1.82, 2.24) is 15.6 Å². The molecule has 0 spiro atoms. The fourth-order valence-corrected chi connectivity index (χ4v) is 3.39. The summed E-state index contributed by atoms with van der Waals surface area (Å²) in [6, 6.07) is 17.4. The molecule has 28 heavy (non-hydrogen) atoms. The average Bonchev–Trinajstić information content (AvgIpc) is 3.11. The standard InChI is InChI=1S/C21H18N4O2S/c22-10-11-23-20(27)14-24-19(26)13-21-25-17-12-16(8-9-18(17)28-21)7-6-15-4-2-1-3-5-15/h1-5,8-9,12,20,23,27H,11,13-14H2,(H,24,26). The number of hydrogen-bond acceptors (Lipinski definition) is 6. The maximum Gasteiger partial charge on any atom is 0.227 e. The molecular weight excluding hydrogens is 372 g/mol. The highest BCUT2D eigenvalue weighted by atomic mass is 32.1. The number of thiazole rings is 1. The predicted octanol–water partition coefficient (Wildman–Crippen LogP) is 1.79. The summed E-state index contributed by atoms with van der Waals surface area (Å²) in [5, 5.41) is 23.9. The van der Waals surface area contributed by atoms with Crippen LogP contribution in [-0.2, 0) is 11.2 Å². The Balaban J connectivity index is 1.62. The lowest BCUT2D eigenvalue weighted by atomic mass is 10.2. The third-order valence-electron chi connectivity index (χ3n) is 3.78. The highest BCUT2D eigenvalue weighted by Gasteiger charge is 2.11. The Morgan fingerprint density at radius 3 is 2.75 bits per heavy atom. The van der Waals surface area contributed by atoms with Crippen LogP contribution in [0.25, 0.3) is 10.2 Å². The molecule has 0 aliphatic heterocycles. The van der Waals surface area contributed by atoms with Gasteiger partial charge in [-0.15, -0.1) is 11.3 Å². The molecule has 0 aliphatic carbocycles. The molecule has 2 aromatic carbocycles. The molecule has 0 radical (unpaired) electrons. The Hall–Kier alpha value is -3.23. The number of benzene rings is 2. The molecule has 1 aromatic heterocycles. The van der Waals surface area contributed by atoms with Crippen LogP contribution in [-0.4, -0.2) is 35.3 Å². The number of nitrogens with one attached hydrogen (secondary N) is 2. The fraction of sp³-hybridized carbons (Fsp3) is 0.190. The Bertz CT molecular complexity index is 1060. The molecule has 0 bridgehead atoms. The summed E-state index contributed by atoms with van der Waals surface area (Å²) in [6.07, 6.45) is -0.820. The van der Waals surface area contributed by atoms with E-state index in [1.165, 1.54) is 11.3 Å². The number of hydrogen-bond donors (Lipinski definition) is 3. The molecule has 6 nitrogen and oxygen atoms in total. The van der Waals surface area contributed by atoms with Gasteiger partial charge in [-0.05, 0) is 30.3 Å². The first-order valence-corrected chi connectivity index (χ1v) is 9.47. The van der Waals surface area contributed by atoms with Crippen LogP contribution in [0.15, 0.2) is 48.5 Å². The molecule has 0 saturated carbocycles. The minimum absolute atomic E-state index is 0.0183. The zero-order valence-corrected chi connectivity index (χ0v) is 15.8. The Labute approximate surface area is 166 Å². The van der Waals surface area contributed by atoms with Crippen LogP contribution >= 0.6 is 11.3 Å². The summed E-state index contributed by atoms with van der Waals surface area (Å²) in [5.74, 6) is 6.01. The first kappa shape index (κ1) is 19.5. The van der Waals surface area contributed by atoms with Crippen LogP contribution in [0.1, 0.15) is 16.1 Å². The van der Waals surface area contributed by atoms with Gasteiger partial charge >= 0.3 is 0 Å². The van der Waals surface area contributed by atoms with Crippen molar-refractivity contribution < 1.29 is 9.90 Å². The molecule has 1 amide bonds. The first-order valence-electron chi connectivity index (χ1n) is 8.65. The monoisotopic (exact) mass is 390 g/mol. The van der Waals surface area contributed by atoms with Gasteiger partial charge in [-0.2, -0.15) is 5.26 Å². The lowest BCUT2D eigenvalue weighted by Crippen LogP contribution is -2.41. The van der Waals surface area contributed by atoms with Crippen LogP contribution in [0.2, 0.25) is 0 Å². The number of amides is 1. The van der Waals surface area contributed by atoms with E-state index < -0.39 is 6.23 Å². The van der Waals surface area contributed by atoms with E-state index in [0.29, 0.717) is 5.01 Å². The van der Waals surface area contributed by atoms with Crippen LogP contribution in [0, 0.1) is 23.2 Å². The van der Waals surface area contributed by atoms with Gasteiger partial charge in [0, 0.05) is 11.1 Å². The van der Waals surface area contributed by atoms with Gasteiger partial charge in [-0.25, -0.2) is 4.98 Å². The molecule has 1 atom stereocenters. The number of rotatable bonds is 6. The third-order valence-corrected chi connectivity index (χ3v) is 4.81. The second-order valence-electron chi connectivity index (χ2n) is 5.94. The van der Waals surface area contributed by atoms with Gasteiger partial charge < -0.3 is 10.4 Å². The number of carbonyl (C=O) groups excluding carboxylic acids is 1. The summed E-state index contributed by atoms with van der Waals surface area (Å²) in [5.41, 5.74) is 2.62. The van der Waals surface area contributed by atoms with E-state index in [-0.39, 0.29) is 25.4 Å². The lowest BCUT2D eigenvalue weighted by molar-refractivity contribution is -0.121. The second-order valence-corrected chi connectivity index (χ2v) is 7.06. The van der Waals surface area contributed by atoms with Gasteiger partial charge in [0.1, 0.15) is 11.2 Å². The van der Waals surface area contributed by atoms with E-state index >= 15 is 0 Å². The number of nitrogens with zero attached hydrogens (tertiary/aromatic N) is 2. The molecule has 1 heterocycles. The van der Waals surface area contributed by atoms with E-state index in [0.717, 1.165) is 21.3 Å². The van der Waals surface area contributed by atoms with E-state index in [4.69, 9.17) is 5.26 Å². The average molecular weight is 390 g/mol. The van der Waals surface area contributed by atoms with Crippen molar-refractivity contribution in [2.75, 3.05) is 13.1 Å². The number of carbonyl (C=O) groups is 1. The highest BCUT2D eigenvalue weighted by molar-refractivity contribution is 7.18. The van der Waals surface area contributed by atoms with Crippen LogP contribution in [0.5, 0.6) is 0 Å². The molecule has 140 valence electrons. The van der Waals surface area contributed by atoms with Gasteiger partial charge in [0.2, 0.25) is 5.91 Å². The van der Waals surface area contributed by atoms with Gasteiger partial charge in [0.25, 0.3) is 0 Å². The third kappa shape index (κ3) is 5.63. The van der Waals surface area contributed by atoms with E-state index in [2.05, 4.69) is 27.5 Å². The summed E-state index contributed by atoms with van der Waals surface area (Å²) in [4.78, 5) is 16.5. The number of aliphatic hydroxyl groups excluding tert-OH is 1. The fourth-order valence-electron chi connectivity index (χ4n) is 2.44. The minimum Gasteiger partial charge on any atom is -0.377 e. The van der Waals surface area contributed by atoms with Crippen molar-refractivity contribution in [3.63, 3.8) is 0 Å². The Morgan fingerprint density at radius 2 is 1.96 bits per heavy atom. The molecule has 3 aromatic rings. The zero-order chi connectivity index (χ0) is 19.8. The number of aromatic nitrogens is 1. The van der Waals surface area contributed by atoms with Crippen molar-refractivity contribution in [3.05, 3.63) is 64.7 Å². The maximum absolute atomic E-state index is 12.0. The number of nitriles is 1. The topological polar surface area (TPSA) is 98.0 Å². The number of aliphatic hydroxyl groups is 1. The highest BCUT2D eigenvalue weighted by Crippen LogP contribution is 2.23. The molecule has 3 N–H and O–H groups in total. The predicted molar refractivity (Wildman–Crippen MR) is 108 cm³/mol. The van der Waals surface area contributed by atoms with Gasteiger partial charge in [-0.3, -0.25) is 10.1 Å². The molecule has 0 fully saturated rings. The first-order chi connectivity index (χ1) is 13.6. The smallest absolute Gasteiger partial charge is 0.227 e. The van der Waals surface area contributed by atoms with E-state index in [1.807, 2.05) is 54.6 Å². The van der Waals surface area contributed by atoms with Crippen LogP contribution in [0.3, 0.4) is 0 Å². The van der Waals surface area contributed by atoms with Crippen molar-refractivity contribution in [2.45, 2.75) is 12.6 Å². The molecule has 3 rings (SSSR count). The molecule has 7 heteroatoms.